The molecule has 1 aromatic heterocycles. The highest BCUT2D eigenvalue weighted by atomic mass is 35.5. The number of benzene rings is 1. The molecule has 0 fully saturated rings. The number of aryl methyl sites for hydroxylation is 1. The molecule has 4 rings (SSSR count). The summed E-state index contributed by atoms with van der Waals surface area (Å²) >= 11 is 0. The Labute approximate surface area is 120 Å². The molecule has 2 aliphatic rings. The van der Waals surface area contributed by atoms with Crippen LogP contribution < -0.4 is 0 Å². The summed E-state index contributed by atoms with van der Waals surface area (Å²) in [6, 6.07) is 6.92. The smallest absolute Gasteiger partial charge is 0.0945 e. The van der Waals surface area contributed by atoms with Gasteiger partial charge in [0.25, 0.3) is 0 Å². The van der Waals surface area contributed by atoms with E-state index in [0.717, 1.165) is 18.4 Å². The average Bonchev–Trinajstić information content (AvgIpc) is 3.01. The highest BCUT2D eigenvalue weighted by Gasteiger charge is 2.32. The largest absolute Gasteiger partial charge is 0.337 e. The van der Waals surface area contributed by atoms with E-state index in [0.29, 0.717) is 0 Å². The van der Waals surface area contributed by atoms with E-state index in [2.05, 4.69) is 33.9 Å². The summed E-state index contributed by atoms with van der Waals surface area (Å²) in [6.45, 7) is 1.13. The van der Waals surface area contributed by atoms with Crippen molar-refractivity contribution in [2.75, 3.05) is 0 Å². The van der Waals surface area contributed by atoms with E-state index in [4.69, 9.17) is 0 Å². The van der Waals surface area contributed by atoms with Crippen molar-refractivity contribution in [2.24, 2.45) is 5.92 Å². The first-order valence-electron chi connectivity index (χ1n) is 6.96. The Morgan fingerprint density at radius 2 is 2.16 bits per heavy atom. The molecule has 0 unspecified atom stereocenters. The summed E-state index contributed by atoms with van der Waals surface area (Å²) in [4.78, 5) is 4.14. The first-order chi connectivity index (χ1) is 8.90. The molecule has 2 aliphatic carbocycles. The number of hydrogen-bond acceptors (Lipinski definition) is 1. The van der Waals surface area contributed by atoms with Gasteiger partial charge in [-0.1, -0.05) is 18.2 Å². The number of hydrogen-bond donors (Lipinski definition) is 0. The predicted octanol–water partition coefficient (Wildman–Crippen LogP) is 3.60. The second-order valence-electron chi connectivity index (χ2n) is 5.79. The van der Waals surface area contributed by atoms with Crippen LogP contribution >= 0.6 is 12.4 Å². The fraction of sp³-hybridized carbons (Fsp3) is 0.438. The molecule has 3 heteroatoms. The minimum Gasteiger partial charge on any atom is -0.337 e. The van der Waals surface area contributed by atoms with E-state index in [-0.39, 0.29) is 12.4 Å². The Morgan fingerprint density at radius 1 is 1.26 bits per heavy atom. The molecule has 0 bridgehead atoms. The Hall–Kier alpha value is -1.28. The lowest BCUT2D eigenvalue weighted by molar-refractivity contribution is 0.356. The van der Waals surface area contributed by atoms with Crippen molar-refractivity contribution in [3.8, 4) is 0 Å². The van der Waals surface area contributed by atoms with Gasteiger partial charge >= 0.3 is 0 Å². The Balaban J connectivity index is 0.00000110. The van der Waals surface area contributed by atoms with Crippen LogP contribution in [0.5, 0.6) is 0 Å². The van der Waals surface area contributed by atoms with Gasteiger partial charge in [0.1, 0.15) is 0 Å². The van der Waals surface area contributed by atoms with E-state index in [1.54, 1.807) is 16.7 Å². The molecule has 19 heavy (non-hydrogen) atoms. The molecule has 2 atom stereocenters. The second kappa shape index (κ2) is 5.01. The van der Waals surface area contributed by atoms with Gasteiger partial charge < -0.3 is 4.57 Å². The summed E-state index contributed by atoms with van der Waals surface area (Å²) in [5.74, 6) is 1.61. The van der Waals surface area contributed by atoms with Crippen molar-refractivity contribution in [1.82, 2.24) is 9.55 Å². The standard InChI is InChI=1S/C16H18N2.ClH/c1-2-13-4-5-15-9-12(8-14(3-1)16(13)15)10-18-7-6-17-11-18;/h1-3,6-7,11-12,15H,4-5,8-10H2;1H/t12-,15-;/m1./s1. The first-order valence-corrected chi connectivity index (χ1v) is 6.96. The molecule has 2 aromatic rings. The van der Waals surface area contributed by atoms with Crippen LogP contribution in [0.1, 0.15) is 35.4 Å². The zero-order chi connectivity index (χ0) is 11.9. The second-order valence-corrected chi connectivity index (χ2v) is 5.79. The average molecular weight is 275 g/mol. The van der Waals surface area contributed by atoms with E-state index >= 15 is 0 Å². The van der Waals surface area contributed by atoms with Gasteiger partial charge in [-0.25, -0.2) is 4.98 Å². The van der Waals surface area contributed by atoms with Crippen LogP contribution in [-0.4, -0.2) is 9.55 Å². The molecule has 0 radical (unpaired) electrons. The van der Waals surface area contributed by atoms with Gasteiger partial charge in [-0.05, 0) is 54.2 Å². The maximum Gasteiger partial charge on any atom is 0.0945 e. The molecule has 0 amide bonds. The zero-order valence-corrected chi connectivity index (χ0v) is 11.8. The lowest BCUT2D eigenvalue weighted by Gasteiger charge is -2.29. The van der Waals surface area contributed by atoms with Gasteiger partial charge in [0.15, 0.2) is 0 Å². The predicted molar refractivity (Wildman–Crippen MR) is 78.8 cm³/mol. The SMILES string of the molecule is Cl.c1cc2c3c(c1)C[C@@H](Cn1ccnc1)C[C@H]3CC2. The van der Waals surface area contributed by atoms with Crippen LogP contribution in [0, 0.1) is 5.92 Å². The van der Waals surface area contributed by atoms with Crippen LogP contribution in [0.25, 0.3) is 0 Å². The highest BCUT2D eigenvalue weighted by Crippen LogP contribution is 2.44. The number of nitrogens with zero attached hydrogens (tertiary/aromatic N) is 2. The normalized spacial score (nSPS) is 23.8. The van der Waals surface area contributed by atoms with Crippen molar-refractivity contribution < 1.29 is 0 Å². The van der Waals surface area contributed by atoms with Crippen LogP contribution in [0.3, 0.4) is 0 Å². The van der Waals surface area contributed by atoms with E-state index in [9.17, 15) is 0 Å². The van der Waals surface area contributed by atoms with Crippen LogP contribution in [-0.2, 0) is 19.4 Å². The third-order valence-electron chi connectivity index (χ3n) is 4.61. The number of imidazole rings is 1. The maximum atomic E-state index is 4.14. The fourth-order valence-corrected chi connectivity index (χ4v) is 3.93. The molecule has 1 heterocycles. The molecule has 0 saturated carbocycles. The van der Waals surface area contributed by atoms with Crippen molar-refractivity contribution >= 4 is 12.4 Å². The Bertz CT molecular complexity index is 562. The summed E-state index contributed by atoms with van der Waals surface area (Å²) in [5, 5.41) is 0. The number of rotatable bonds is 2. The van der Waals surface area contributed by atoms with Crippen LogP contribution in [0.4, 0.5) is 0 Å². The topological polar surface area (TPSA) is 17.8 Å². The molecular weight excluding hydrogens is 256 g/mol. The van der Waals surface area contributed by atoms with Gasteiger partial charge in [-0.3, -0.25) is 0 Å². The minimum absolute atomic E-state index is 0. The molecule has 0 N–H and O–H groups in total. The fourth-order valence-electron chi connectivity index (χ4n) is 3.93. The Kier molecular flexibility index (Phi) is 3.36. The summed E-state index contributed by atoms with van der Waals surface area (Å²) in [6.07, 6.45) is 11.2. The quantitative estimate of drug-likeness (QED) is 0.818. The minimum atomic E-state index is 0. The van der Waals surface area contributed by atoms with E-state index in [1.165, 1.54) is 25.7 Å². The molecule has 1 aromatic carbocycles. The van der Waals surface area contributed by atoms with Gasteiger partial charge in [0.2, 0.25) is 0 Å². The van der Waals surface area contributed by atoms with Crippen LogP contribution in [0.2, 0.25) is 0 Å². The summed E-state index contributed by atoms with van der Waals surface area (Å²) < 4.78 is 2.23. The molecule has 100 valence electrons. The van der Waals surface area contributed by atoms with Gasteiger partial charge in [0, 0.05) is 18.9 Å². The Morgan fingerprint density at radius 3 is 3.00 bits per heavy atom. The lowest BCUT2D eigenvalue weighted by atomic mass is 9.78. The van der Waals surface area contributed by atoms with Gasteiger partial charge in [0.05, 0.1) is 6.33 Å². The first kappa shape index (κ1) is 12.7. The number of halogens is 1. The zero-order valence-electron chi connectivity index (χ0n) is 11.0. The molecule has 0 spiro atoms. The molecule has 0 aliphatic heterocycles. The maximum absolute atomic E-state index is 4.14. The monoisotopic (exact) mass is 274 g/mol. The van der Waals surface area contributed by atoms with Crippen molar-refractivity contribution in [3.63, 3.8) is 0 Å². The molecular formula is C16H19ClN2. The summed E-state index contributed by atoms with van der Waals surface area (Å²) in [5.41, 5.74) is 4.95. The van der Waals surface area contributed by atoms with E-state index < -0.39 is 0 Å². The van der Waals surface area contributed by atoms with Gasteiger partial charge in [-0.15, -0.1) is 12.4 Å². The van der Waals surface area contributed by atoms with Crippen molar-refractivity contribution in [2.45, 2.75) is 38.1 Å². The van der Waals surface area contributed by atoms with Crippen molar-refractivity contribution in [1.29, 1.82) is 0 Å². The molecule has 0 saturated heterocycles. The number of aromatic nitrogens is 2. The third-order valence-corrected chi connectivity index (χ3v) is 4.61. The van der Waals surface area contributed by atoms with E-state index in [1.807, 2.05) is 12.5 Å². The lowest BCUT2D eigenvalue weighted by Crippen LogP contribution is -2.21. The van der Waals surface area contributed by atoms with Gasteiger partial charge in [-0.2, -0.15) is 0 Å². The summed E-state index contributed by atoms with van der Waals surface area (Å²) in [7, 11) is 0. The van der Waals surface area contributed by atoms with Crippen molar-refractivity contribution in [3.05, 3.63) is 53.6 Å². The highest BCUT2D eigenvalue weighted by molar-refractivity contribution is 5.85. The van der Waals surface area contributed by atoms with Crippen LogP contribution in [0.15, 0.2) is 36.9 Å². The third kappa shape index (κ3) is 2.18. The molecule has 2 nitrogen and oxygen atoms in total.